The van der Waals surface area contributed by atoms with Crippen molar-refractivity contribution in [2.24, 2.45) is 5.92 Å². The Morgan fingerprint density at radius 1 is 1.00 bits per heavy atom. The fourth-order valence-electron chi connectivity index (χ4n) is 6.44. The first-order valence-corrected chi connectivity index (χ1v) is 12.9. The molecule has 6 rings (SSSR count). The number of Topliss-reactive ketones (excluding diaryl/α,β-unsaturated/α-hetero) is 1. The van der Waals surface area contributed by atoms with Gasteiger partial charge in [0.05, 0.1) is 6.04 Å². The fourth-order valence-corrected chi connectivity index (χ4v) is 6.44. The van der Waals surface area contributed by atoms with Crippen molar-refractivity contribution in [2.45, 2.75) is 57.7 Å². The van der Waals surface area contributed by atoms with Gasteiger partial charge in [0.15, 0.2) is 5.78 Å². The summed E-state index contributed by atoms with van der Waals surface area (Å²) in [6.07, 6.45) is 4.79. The van der Waals surface area contributed by atoms with Crippen LogP contribution in [0.3, 0.4) is 0 Å². The summed E-state index contributed by atoms with van der Waals surface area (Å²) >= 11 is 0. The van der Waals surface area contributed by atoms with Crippen LogP contribution < -0.4 is 0 Å². The van der Waals surface area contributed by atoms with Gasteiger partial charge in [0, 0.05) is 41.5 Å². The number of carbonyl (C=O) groups excluding carboxylic acids is 2. The summed E-state index contributed by atoms with van der Waals surface area (Å²) in [7, 11) is 0. The summed E-state index contributed by atoms with van der Waals surface area (Å²) in [5, 5.41) is 1.15. The topological polar surface area (TPSA) is 45.6 Å². The number of nitrogens with zero attached hydrogens (tertiary/aromatic N) is 3. The number of aromatic nitrogens is 1. The summed E-state index contributed by atoms with van der Waals surface area (Å²) in [5.74, 6) is 0.0186. The van der Waals surface area contributed by atoms with Gasteiger partial charge < -0.3 is 14.4 Å². The van der Waals surface area contributed by atoms with Crippen molar-refractivity contribution in [1.29, 1.82) is 0 Å². The number of likely N-dealkylation sites (tertiary alicyclic amines) is 1. The minimum atomic E-state index is -0.311. The number of aryl methyl sites for hydroxylation is 1. The molecule has 5 nitrogen and oxygen atoms in total. The minimum Gasteiger partial charge on any atom is -0.334 e. The van der Waals surface area contributed by atoms with Gasteiger partial charge in [-0.05, 0) is 94.1 Å². The molecule has 0 spiro atoms. The molecule has 0 saturated carbocycles. The van der Waals surface area contributed by atoms with Gasteiger partial charge in [-0.2, -0.15) is 0 Å². The Kier molecular flexibility index (Phi) is 5.72. The quantitative estimate of drug-likeness (QED) is 0.487. The number of piperidine rings is 1. The van der Waals surface area contributed by atoms with Gasteiger partial charge in [-0.3, -0.25) is 9.59 Å². The largest absolute Gasteiger partial charge is 0.334 e. The molecule has 0 bridgehead atoms. The summed E-state index contributed by atoms with van der Waals surface area (Å²) in [6, 6.07) is 15.0. The molecule has 3 aliphatic rings. The zero-order chi connectivity index (χ0) is 24.1. The average molecular weight is 474 g/mol. The van der Waals surface area contributed by atoms with Crippen LogP contribution in [0.5, 0.6) is 0 Å². The second-order valence-electron chi connectivity index (χ2n) is 10.6. The third-order valence-electron chi connectivity index (χ3n) is 8.39. The van der Waals surface area contributed by atoms with Crippen molar-refractivity contribution in [3.63, 3.8) is 0 Å². The molecule has 3 aliphatic heterocycles. The van der Waals surface area contributed by atoms with Crippen LogP contribution in [-0.4, -0.2) is 57.8 Å². The van der Waals surface area contributed by atoms with Crippen LogP contribution in [0.1, 0.15) is 58.5 Å². The molecule has 2 atom stereocenters. The van der Waals surface area contributed by atoms with Gasteiger partial charge in [0.25, 0.3) is 5.91 Å². The van der Waals surface area contributed by atoms with Crippen LogP contribution in [-0.2, 0) is 6.54 Å². The van der Waals surface area contributed by atoms with Crippen molar-refractivity contribution in [2.75, 3.05) is 19.6 Å². The van der Waals surface area contributed by atoms with E-state index < -0.39 is 0 Å². The molecule has 0 aliphatic carbocycles. The predicted molar refractivity (Wildman–Crippen MR) is 134 cm³/mol. The summed E-state index contributed by atoms with van der Waals surface area (Å²) < 4.78 is 15.4. The first kappa shape index (κ1) is 22.5. The molecular weight excluding hydrogens is 441 g/mol. The average Bonchev–Trinajstić information content (AvgIpc) is 3.45. The van der Waals surface area contributed by atoms with E-state index in [1.165, 1.54) is 23.2 Å². The normalized spacial score (nSPS) is 23.0. The van der Waals surface area contributed by atoms with Crippen molar-refractivity contribution >= 4 is 22.6 Å². The second-order valence-corrected chi connectivity index (χ2v) is 10.6. The number of rotatable bonds is 5. The Balaban J connectivity index is 1.07. The van der Waals surface area contributed by atoms with Crippen molar-refractivity contribution < 1.29 is 14.0 Å². The smallest absolute Gasteiger partial charge is 0.271 e. The van der Waals surface area contributed by atoms with E-state index in [9.17, 15) is 14.0 Å². The van der Waals surface area contributed by atoms with Crippen LogP contribution in [0.4, 0.5) is 4.39 Å². The van der Waals surface area contributed by atoms with E-state index >= 15 is 0 Å². The van der Waals surface area contributed by atoms with Gasteiger partial charge in [0.1, 0.15) is 11.5 Å². The number of ketones is 1. The lowest BCUT2D eigenvalue weighted by Crippen LogP contribution is -2.48. The van der Waals surface area contributed by atoms with Gasteiger partial charge in [-0.25, -0.2) is 4.39 Å². The van der Waals surface area contributed by atoms with Gasteiger partial charge in [-0.15, -0.1) is 0 Å². The zero-order valence-corrected chi connectivity index (χ0v) is 20.3. The van der Waals surface area contributed by atoms with Crippen LogP contribution >= 0.6 is 0 Å². The van der Waals surface area contributed by atoms with E-state index in [-0.39, 0.29) is 29.5 Å². The maximum atomic E-state index is 13.5. The van der Waals surface area contributed by atoms with E-state index in [1.807, 2.05) is 0 Å². The molecule has 182 valence electrons. The Morgan fingerprint density at radius 3 is 2.54 bits per heavy atom. The number of halogens is 1. The summed E-state index contributed by atoms with van der Waals surface area (Å²) in [6.45, 7) is 5.75. The number of benzene rings is 2. The zero-order valence-electron chi connectivity index (χ0n) is 20.3. The molecule has 4 heterocycles. The molecule has 0 radical (unpaired) electrons. The lowest BCUT2D eigenvalue weighted by atomic mass is 9.88. The lowest BCUT2D eigenvalue weighted by Gasteiger charge is -2.37. The third kappa shape index (κ3) is 4.08. The Morgan fingerprint density at radius 2 is 1.77 bits per heavy atom. The first-order chi connectivity index (χ1) is 17.0. The van der Waals surface area contributed by atoms with E-state index in [2.05, 4.69) is 45.6 Å². The minimum absolute atomic E-state index is 0.0156. The number of amides is 1. The molecule has 1 amide bonds. The molecule has 35 heavy (non-hydrogen) atoms. The standard InChI is InChI=1S/C29H32FN3O2/c1-19-2-3-22-17-27-29(35)33-24(8-9-25(33)18-32(27)26(22)16-19)12-15-31-13-10-21(11-14-31)28(34)20-4-6-23(30)7-5-20/h2-7,16-17,21,24-25H,8-15,18H2,1H3/t24-,25+/m0/s1. The molecule has 2 saturated heterocycles. The van der Waals surface area contributed by atoms with Crippen molar-refractivity contribution in [3.8, 4) is 0 Å². The van der Waals surface area contributed by atoms with Crippen molar-refractivity contribution in [3.05, 3.63) is 71.2 Å². The number of hydrogen-bond acceptors (Lipinski definition) is 3. The number of fused-ring (bicyclic) bond motifs is 4. The van der Waals surface area contributed by atoms with E-state index in [0.717, 1.165) is 69.4 Å². The van der Waals surface area contributed by atoms with Gasteiger partial charge in [0.2, 0.25) is 0 Å². The highest BCUT2D eigenvalue weighted by atomic mass is 19.1. The Hall–Kier alpha value is -2.99. The van der Waals surface area contributed by atoms with Crippen molar-refractivity contribution in [1.82, 2.24) is 14.4 Å². The van der Waals surface area contributed by atoms with E-state index in [4.69, 9.17) is 0 Å². The maximum Gasteiger partial charge on any atom is 0.271 e. The molecule has 6 heteroatoms. The Labute approximate surface area is 205 Å². The highest BCUT2D eigenvalue weighted by Gasteiger charge is 2.42. The van der Waals surface area contributed by atoms with E-state index in [1.54, 1.807) is 12.1 Å². The molecule has 2 aromatic carbocycles. The molecule has 1 aromatic heterocycles. The highest BCUT2D eigenvalue weighted by Crippen LogP contribution is 2.36. The second kappa shape index (κ2) is 8.90. The van der Waals surface area contributed by atoms with Crippen LogP contribution in [0.15, 0.2) is 48.5 Å². The maximum absolute atomic E-state index is 13.5. The SMILES string of the molecule is Cc1ccc2cc3n(c2c1)C[C@H]1CC[C@@H](CCN2CCC(C(=O)c4ccc(F)cc4)CC2)N1C3=O. The van der Waals surface area contributed by atoms with E-state index in [0.29, 0.717) is 11.6 Å². The summed E-state index contributed by atoms with van der Waals surface area (Å²) in [4.78, 5) is 30.9. The number of carbonyl (C=O) groups is 2. The van der Waals surface area contributed by atoms with Gasteiger partial charge >= 0.3 is 0 Å². The fraction of sp³-hybridized carbons (Fsp3) is 0.448. The van der Waals surface area contributed by atoms with Crippen LogP contribution in [0, 0.1) is 18.7 Å². The third-order valence-corrected chi connectivity index (χ3v) is 8.39. The van der Waals surface area contributed by atoms with Crippen LogP contribution in [0.2, 0.25) is 0 Å². The van der Waals surface area contributed by atoms with Gasteiger partial charge in [-0.1, -0.05) is 12.1 Å². The molecular formula is C29H32FN3O2. The monoisotopic (exact) mass is 473 g/mol. The van der Waals surface area contributed by atoms with Crippen LogP contribution in [0.25, 0.3) is 10.9 Å². The molecule has 3 aromatic rings. The number of hydrogen-bond donors (Lipinski definition) is 0. The molecule has 0 N–H and O–H groups in total. The Bertz CT molecular complexity index is 1270. The lowest BCUT2D eigenvalue weighted by molar-refractivity contribution is 0.0563. The predicted octanol–water partition coefficient (Wildman–Crippen LogP) is 5.06. The molecule has 2 fully saturated rings. The summed E-state index contributed by atoms with van der Waals surface area (Å²) in [5.41, 5.74) is 3.84. The molecule has 0 unspecified atom stereocenters. The highest BCUT2D eigenvalue weighted by molar-refractivity contribution is 6.00. The first-order valence-electron chi connectivity index (χ1n) is 12.9.